The van der Waals surface area contributed by atoms with Crippen LogP contribution in [-0.2, 0) is 23.1 Å². The number of rotatable bonds is 7. The Hall–Kier alpha value is -3.04. The lowest BCUT2D eigenvalue weighted by molar-refractivity contribution is -0.385. The summed E-state index contributed by atoms with van der Waals surface area (Å²) in [5.74, 6) is 0.463. The Kier molecular flexibility index (Phi) is 5.33. The highest BCUT2D eigenvalue weighted by atomic mass is 32.2. The second kappa shape index (κ2) is 7.68. The number of sulfonamides is 1. The van der Waals surface area contributed by atoms with Crippen molar-refractivity contribution in [1.29, 1.82) is 0 Å². The van der Waals surface area contributed by atoms with Gasteiger partial charge in [-0.2, -0.15) is 4.31 Å². The van der Waals surface area contributed by atoms with Crippen LogP contribution in [0.3, 0.4) is 0 Å². The quantitative estimate of drug-likeness (QED) is 0.455. The van der Waals surface area contributed by atoms with Crippen molar-refractivity contribution in [3.63, 3.8) is 0 Å². The van der Waals surface area contributed by atoms with Crippen LogP contribution in [0.2, 0.25) is 0 Å². The molecule has 0 aliphatic rings. The van der Waals surface area contributed by atoms with Crippen LogP contribution < -0.4 is 0 Å². The minimum Gasteiger partial charge on any atom is -0.468 e. The average molecular weight is 387 g/mol. The van der Waals surface area contributed by atoms with Gasteiger partial charge in [0.1, 0.15) is 5.76 Å². The summed E-state index contributed by atoms with van der Waals surface area (Å²) in [6.45, 7) is 1.48. The Bertz CT molecular complexity index is 1030. The number of benzene rings is 1. The average Bonchev–Trinajstić information content (AvgIpc) is 3.15. The van der Waals surface area contributed by atoms with Crippen LogP contribution in [0, 0.1) is 17.0 Å². The van der Waals surface area contributed by atoms with E-state index in [9.17, 15) is 18.5 Å². The van der Waals surface area contributed by atoms with Crippen LogP contribution in [0.25, 0.3) is 0 Å². The maximum atomic E-state index is 13.3. The summed E-state index contributed by atoms with van der Waals surface area (Å²) in [7, 11) is -4.02. The van der Waals surface area contributed by atoms with Crippen molar-refractivity contribution in [3.8, 4) is 0 Å². The van der Waals surface area contributed by atoms with Crippen molar-refractivity contribution in [2.45, 2.75) is 24.9 Å². The van der Waals surface area contributed by atoms with Gasteiger partial charge in [-0.1, -0.05) is 12.1 Å². The van der Waals surface area contributed by atoms with Crippen LogP contribution in [0.15, 0.2) is 70.4 Å². The van der Waals surface area contributed by atoms with Crippen LogP contribution in [0.1, 0.15) is 16.9 Å². The fourth-order valence-electron chi connectivity index (χ4n) is 2.72. The molecule has 0 amide bonds. The summed E-state index contributed by atoms with van der Waals surface area (Å²) >= 11 is 0. The number of hydrogen-bond donors (Lipinski definition) is 0. The molecule has 0 atom stereocenters. The molecule has 3 rings (SSSR count). The molecule has 0 saturated heterocycles. The zero-order valence-corrected chi connectivity index (χ0v) is 15.3. The Labute approximate surface area is 156 Å². The summed E-state index contributed by atoms with van der Waals surface area (Å²) in [4.78, 5) is 14.5. The number of aromatic nitrogens is 1. The number of nitrogens with zero attached hydrogens (tertiary/aromatic N) is 3. The molecule has 0 spiro atoms. The fraction of sp³-hybridized carbons (Fsp3) is 0.167. The summed E-state index contributed by atoms with van der Waals surface area (Å²) < 4.78 is 33.1. The van der Waals surface area contributed by atoms with Gasteiger partial charge in [0.25, 0.3) is 5.69 Å². The highest BCUT2D eigenvalue weighted by Crippen LogP contribution is 2.29. The van der Waals surface area contributed by atoms with Crippen LogP contribution in [0.5, 0.6) is 0 Å². The third-order valence-electron chi connectivity index (χ3n) is 4.06. The molecule has 9 heteroatoms. The number of nitro groups is 1. The smallest absolute Gasteiger partial charge is 0.273 e. The SMILES string of the molecule is Cc1c([N+](=O)[O-])cccc1S(=O)(=O)N(Cc1cccnc1)Cc1ccco1. The van der Waals surface area contributed by atoms with Gasteiger partial charge in [-0.25, -0.2) is 8.42 Å². The largest absolute Gasteiger partial charge is 0.468 e. The molecule has 8 nitrogen and oxygen atoms in total. The third-order valence-corrected chi connectivity index (χ3v) is 6.00. The number of pyridine rings is 1. The van der Waals surface area contributed by atoms with Crippen molar-refractivity contribution >= 4 is 15.7 Å². The molecule has 27 heavy (non-hydrogen) atoms. The van der Waals surface area contributed by atoms with Crippen molar-refractivity contribution in [1.82, 2.24) is 9.29 Å². The maximum absolute atomic E-state index is 13.3. The van der Waals surface area contributed by atoms with E-state index in [-0.39, 0.29) is 29.2 Å². The van der Waals surface area contributed by atoms with Crippen molar-refractivity contribution in [2.75, 3.05) is 0 Å². The molecule has 1 aromatic carbocycles. The first-order valence-electron chi connectivity index (χ1n) is 8.05. The van der Waals surface area contributed by atoms with Gasteiger partial charge >= 0.3 is 0 Å². The third kappa shape index (κ3) is 4.04. The monoisotopic (exact) mass is 387 g/mol. The molecule has 0 aliphatic heterocycles. The number of hydrogen-bond acceptors (Lipinski definition) is 6. The van der Waals surface area contributed by atoms with E-state index < -0.39 is 14.9 Å². The minimum atomic E-state index is -4.02. The van der Waals surface area contributed by atoms with Crippen molar-refractivity contribution in [3.05, 3.63) is 88.1 Å². The molecule has 3 aromatic rings. The van der Waals surface area contributed by atoms with Gasteiger partial charge in [-0.3, -0.25) is 15.1 Å². The van der Waals surface area contributed by atoms with E-state index in [2.05, 4.69) is 4.98 Å². The fourth-order valence-corrected chi connectivity index (χ4v) is 4.35. The number of nitro benzene ring substituents is 1. The van der Waals surface area contributed by atoms with E-state index in [1.807, 2.05) is 0 Å². The summed E-state index contributed by atoms with van der Waals surface area (Å²) in [5.41, 5.74) is 0.546. The second-order valence-corrected chi connectivity index (χ2v) is 7.78. The topological polar surface area (TPSA) is 107 Å². The van der Waals surface area contributed by atoms with Crippen molar-refractivity contribution < 1.29 is 17.8 Å². The van der Waals surface area contributed by atoms with Gasteiger partial charge in [0.15, 0.2) is 0 Å². The summed E-state index contributed by atoms with van der Waals surface area (Å²) in [6.07, 6.45) is 4.63. The number of furan rings is 1. The zero-order valence-electron chi connectivity index (χ0n) is 14.5. The van der Waals surface area contributed by atoms with Crippen molar-refractivity contribution in [2.24, 2.45) is 0 Å². The molecule has 0 fully saturated rings. The lowest BCUT2D eigenvalue weighted by Gasteiger charge is -2.22. The lowest BCUT2D eigenvalue weighted by Crippen LogP contribution is -2.30. The lowest BCUT2D eigenvalue weighted by atomic mass is 10.2. The standard InChI is InChI=1S/C18H17N3O5S/c1-14-17(21(22)23)7-2-8-18(14)27(24,25)20(13-16-6-4-10-26-16)12-15-5-3-9-19-11-15/h2-11H,12-13H2,1H3. The van der Waals surface area contributed by atoms with E-state index in [1.165, 1.54) is 35.7 Å². The molecule has 140 valence electrons. The van der Waals surface area contributed by atoms with E-state index in [0.29, 0.717) is 11.3 Å². The van der Waals surface area contributed by atoms with E-state index in [1.54, 1.807) is 36.7 Å². The maximum Gasteiger partial charge on any atom is 0.273 e. The summed E-state index contributed by atoms with van der Waals surface area (Å²) in [6, 6.07) is 10.8. The van der Waals surface area contributed by atoms with Gasteiger partial charge in [0.2, 0.25) is 10.0 Å². The first-order valence-corrected chi connectivity index (χ1v) is 9.49. The zero-order chi connectivity index (χ0) is 19.4. The molecular formula is C18H17N3O5S. The van der Waals surface area contributed by atoms with E-state index in [4.69, 9.17) is 4.42 Å². The Morgan fingerprint density at radius 1 is 1.15 bits per heavy atom. The Morgan fingerprint density at radius 3 is 2.59 bits per heavy atom. The van der Waals surface area contributed by atoms with Gasteiger partial charge < -0.3 is 4.42 Å². The summed E-state index contributed by atoms with van der Waals surface area (Å²) in [5, 5.41) is 11.2. The molecule has 0 bridgehead atoms. The molecule has 2 aromatic heterocycles. The van der Waals surface area contributed by atoms with E-state index >= 15 is 0 Å². The highest BCUT2D eigenvalue weighted by molar-refractivity contribution is 7.89. The predicted molar refractivity (Wildman–Crippen MR) is 97.2 cm³/mol. The minimum absolute atomic E-state index is 0.00758. The van der Waals surface area contributed by atoms with E-state index in [0.717, 1.165) is 0 Å². The van der Waals surface area contributed by atoms with Gasteiger partial charge in [0, 0.05) is 30.6 Å². The van der Waals surface area contributed by atoms with Crippen LogP contribution >= 0.6 is 0 Å². The molecule has 0 saturated carbocycles. The van der Waals surface area contributed by atoms with Crippen LogP contribution in [-0.4, -0.2) is 22.6 Å². The van der Waals surface area contributed by atoms with Gasteiger partial charge in [-0.15, -0.1) is 0 Å². The molecule has 0 N–H and O–H groups in total. The highest BCUT2D eigenvalue weighted by Gasteiger charge is 2.30. The Balaban J connectivity index is 2.04. The van der Waals surface area contributed by atoms with Gasteiger partial charge in [0.05, 0.1) is 22.6 Å². The Morgan fingerprint density at radius 2 is 1.96 bits per heavy atom. The molecule has 0 radical (unpaired) electrons. The molecular weight excluding hydrogens is 370 g/mol. The first kappa shape index (κ1) is 18.7. The first-order chi connectivity index (χ1) is 12.9. The molecule has 0 aliphatic carbocycles. The normalized spacial score (nSPS) is 11.6. The van der Waals surface area contributed by atoms with Crippen LogP contribution in [0.4, 0.5) is 5.69 Å². The predicted octanol–water partition coefficient (Wildman–Crippen LogP) is 3.28. The second-order valence-electron chi connectivity index (χ2n) is 5.87. The molecule has 2 heterocycles. The van der Waals surface area contributed by atoms with Gasteiger partial charge in [-0.05, 0) is 36.8 Å². The molecule has 0 unspecified atom stereocenters.